The molecule has 0 bridgehead atoms. The van der Waals surface area contributed by atoms with Gasteiger partial charge >= 0.3 is 0 Å². The normalized spacial score (nSPS) is 12.2. The zero-order chi connectivity index (χ0) is 13.0. The molecule has 2 aromatic rings. The zero-order valence-corrected chi connectivity index (χ0v) is 11.5. The van der Waals surface area contributed by atoms with E-state index in [2.05, 4.69) is 49.5 Å². The topological polar surface area (TPSA) is 12.0 Å². The quantitative estimate of drug-likeness (QED) is 0.795. The second-order valence-electron chi connectivity index (χ2n) is 4.48. The zero-order valence-electron chi connectivity index (χ0n) is 10.8. The molecule has 0 heterocycles. The van der Waals surface area contributed by atoms with Gasteiger partial charge in [0.05, 0.1) is 6.04 Å². The minimum atomic E-state index is 0.296. The van der Waals surface area contributed by atoms with Crippen molar-refractivity contribution in [2.75, 3.05) is 5.32 Å². The molecule has 0 fully saturated rings. The van der Waals surface area contributed by atoms with E-state index in [9.17, 15) is 0 Å². The second kappa shape index (κ2) is 5.92. The molecule has 2 rings (SSSR count). The van der Waals surface area contributed by atoms with Crippen LogP contribution in [0, 0.1) is 6.92 Å². The third kappa shape index (κ3) is 3.05. The van der Waals surface area contributed by atoms with Gasteiger partial charge in [-0.05, 0) is 42.7 Å². The molecule has 1 atom stereocenters. The largest absolute Gasteiger partial charge is 0.378 e. The summed E-state index contributed by atoms with van der Waals surface area (Å²) in [6.07, 6.45) is 1.02. The van der Waals surface area contributed by atoms with E-state index in [-0.39, 0.29) is 0 Å². The Morgan fingerprint density at radius 2 is 1.89 bits per heavy atom. The third-order valence-corrected chi connectivity index (χ3v) is 3.37. The van der Waals surface area contributed by atoms with E-state index in [1.54, 1.807) is 0 Å². The molecule has 2 aromatic carbocycles. The van der Waals surface area contributed by atoms with E-state index in [0.717, 1.165) is 11.4 Å². The van der Waals surface area contributed by atoms with Crippen LogP contribution in [0.3, 0.4) is 0 Å². The van der Waals surface area contributed by atoms with Gasteiger partial charge in [0.25, 0.3) is 0 Å². The fourth-order valence-electron chi connectivity index (χ4n) is 2.07. The molecule has 0 amide bonds. The van der Waals surface area contributed by atoms with Crippen molar-refractivity contribution >= 4 is 17.3 Å². The van der Waals surface area contributed by atoms with Gasteiger partial charge in [-0.25, -0.2) is 0 Å². The number of anilines is 1. The predicted octanol–water partition coefficient (Wildman–Crippen LogP) is 5.21. The summed E-state index contributed by atoms with van der Waals surface area (Å²) in [5, 5.41) is 4.37. The first-order valence-corrected chi connectivity index (χ1v) is 6.66. The summed E-state index contributed by atoms with van der Waals surface area (Å²) in [6, 6.07) is 16.7. The Balaban J connectivity index is 2.23. The average molecular weight is 260 g/mol. The van der Waals surface area contributed by atoms with Crippen LogP contribution >= 0.6 is 11.6 Å². The molecular weight excluding hydrogens is 242 g/mol. The first kappa shape index (κ1) is 13.0. The number of rotatable bonds is 4. The minimum Gasteiger partial charge on any atom is -0.378 e. The average Bonchev–Trinajstić information content (AvgIpc) is 2.38. The van der Waals surface area contributed by atoms with Crippen LogP contribution in [0.25, 0.3) is 0 Å². The monoisotopic (exact) mass is 259 g/mol. The fraction of sp³-hybridized carbons (Fsp3) is 0.250. The van der Waals surface area contributed by atoms with Gasteiger partial charge < -0.3 is 5.32 Å². The smallest absolute Gasteiger partial charge is 0.0511 e. The number of hydrogen-bond acceptors (Lipinski definition) is 1. The predicted molar refractivity (Wildman–Crippen MR) is 79.3 cm³/mol. The van der Waals surface area contributed by atoms with E-state index in [4.69, 9.17) is 11.6 Å². The molecule has 0 radical (unpaired) electrons. The Hall–Kier alpha value is -1.47. The highest BCUT2D eigenvalue weighted by molar-refractivity contribution is 6.30. The lowest BCUT2D eigenvalue weighted by molar-refractivity contribution is 0.748. The minimum absolute atomic E-state index is 0.296. The van der Waals surface area contributed by atoms with Crippen molar-refractivity contribution in [3.63, 3.8) is 0 Å². The van der Waals surface area contributed by atoms with Crippen LogP contribution in [0.1, 0.15) is 30.5 Å². The Morgan fingerprint density at radius 1 is 1.11 bits per heavy atom. The lowest BCUT2D eigenvalue weighted by atomic mass is 10.0. The summed E-state index contributed by atoms with van der Waals surface area (Å²) < 4.78 is 0. The third-order valence-electron chi connectivity index (χ3n) is 3.13. The van der Waals surface area contributed by atoms with E-state index < -0.39 is 0 Å². The number of halogens is 1. The van der Waals surface area contributed by atoms with Crippen LogP contribution in [-0.4, -0.2) is 0 Å². The maximum Gasteiger partial charge on any atom is 0.0511 e. The maximum absolute atomic E-state index is 6.05. The Bertz CT molecular complexity index is 522. The van der Waals surface area contributed by atoms with Crippen molar-refractivity contribution in [3.05, 3.63) is 64.7 Å². The van der Waals surface area contributed by atoms with Crippen molar-refractivity contribution in [3.8, 4) is 0 Å². The van der Waals surface area contributed by atoms with Gasteiger partial charge in [-0.1, -0.05) is 48.9 Å². The van der Waals surface area contributed by atoms with E-state index >= 15 is 0 Å². The molecule has 18 heavy (non-hydrogen) atoms. The van der Waals surface area contributed by atoms with Crippen LogP contribution in [0.5, 0.6) is 0 Å². The van der Waals surface area contributed by atoms with Crippen molar-refractivity contribution in [1.29, 1.82) is 0 Å². The molecule has 0 saturated carbocycles. The molecule has 94 valence electrons. The Morgan fingerprint density at radius 3 is 2.56 bits per heavy atom. The van der Waals surface area contributed by atoms with Crippen LogP contribution in [0.4, 0.5) is 5.69 Å². The van der Waals surface area contributed by atoms with Gasteiger partial charge in [-0.15, -0.1) is 0 Å². The number of nitrogens with one attached hydrogen (secondary N) is 1. The lowest BCUT2D eigenvalue weighted by Crippen LogP contribution is -2.10. The van der Waals surface area contributed by atoms with Gasteiger partial charge in [-0.3, -0.25) is 0 Å². The highest BCUT2D eigenvalue weighted by atomic mass is 35.5. The SMILES string of the molecule is CCC(Nc1ccccc1C)c1cccc(Cl)c1. The number of para-hydroxylation sites is 1. The van der Waals surface area contributed by atoms with Crippen molar-refractivity contribution in [2.45, 2.75) is 26.3 Å². The standard InChI is InChI=1S/C16H18ClN/c1-3-15(13-8-6-9-14(17)11-13)18-16-10-5-4-7-12(16)2/h4-11,15,18H,3H2,1-2H3. The van der Waals surface area contributed by atoms with Gasteiger partial charge in [0.2, 0.25) is 0 Å². The summed E-state index contributed by atoms with van der Waals surface area (Å²) in [6.45, 7) is 4.30. The van der Waals surface area contributed by atoms with E-state index in [0.29, 0.717) is 6.04 Å². The van der Waals surface area contributed by atoms with Gasteiger partial charge in [-0.2, -0.15) is 0 Å². The number of hydrogen-bond donors (Lipinski definition) is 1. The molecule has 1 unspecified atom stereocenters. The Kier molecular flexibility index (Phi) is 4.27. The van der Waals surface area contributed by atoms with E-state index in [1.807, 2.05) is 18.2 Å². The van der Waals surface area contributed by atoms with Crippen LogP contribution in [0.2, 0.25) is 5.02 Å². The van der Waals surface area contributed by atoms with Crippen LogP contribution < -0.4 is 5.32 Å². The summed E-state index contributed by atoms with van der Waals surface area (Å²) in [7, 11) is 0. The second-order valence-corrected chi connectivity index (χ2v) is 4.91. The highest BCUT2D eigenvalue weighted by Gasteiger charge is 2.10. The summed E-state index contributed by atoms with van der Waals surface area (Å²) in [5.74, 6) is 0. The number of benzene rings is 2. The Labute approximate surface area is 114 Å². The highest BCUT2D eigenvalue weighted by Crippen LogP contribution is 2.26. The van der Waals surface area contributed by atoms with Crippen LogP contribution in [0.15, 0.2) is 48.5 Å². The van der Waals surface area contributed by atoms with E-state index in [1.165, 1.54) is 16.8 Å². The van der Waals surface area contributed by atoms with Crippen molar-refractivity contribution in [2.24, 2.45) is 0 Å². The van der Waals surface area contributed by atoms with Gasteiger partial charge in [0.1, 0.15) is 0 Å². The van der Waals surface area contributed by atoms with Gasteiger partial charge in [0, 0.05) is 10.7 Å². The molecule has 0 saturated heterocycles. The first-order chi connectivity index (χ1) is 8.70. The lowest BCUT2D eigenvalue weighted by Gasteiger charge is -2.20. The summed E-state index contributed by atoms with van der Waals surface area (Å²) in [4.78, 5) is 0. The molecule has 0 spiro atoms. The fourth-order valence-corrected chi connectivity index (χ4v) is 2.27. The molecule has 1 nitrogen and oxygen atoms in total. The molecule has 0 aliphatic heterocycles. The molecule has 0 aromatic heterocycles. The first-order valence-electron chi connectivity index (χ1n) is 6.28. The van der Waals surface area contributed by atoms with Crippen molar-refractivity contribution in [1.82, 2.24) is 0 Å². The van der Waals surface area contributed by atoms with Crippen LogP contribution in [-0.2, 0) is 0 Å². The maximum atomic E-state index is 6.05. The number of aryl methyl sites for hydroxylation is 1. The molecule has 2 heteroatoms. The molecular formula is C16H18ClN. The van der Waals surface area contributed by atoms with Gasteiger partial charge in [0.15, 0.2) is 0 Å². The molecule has 0 aliphatic carbocycles. The summed E-state index contributed by atoms with van der Waals surface area (Å²) >= 11 is 6.05. The molecule has 1 N–H and O–H groups in total. The van der Waals surface area contributed by atoms with Crippen molar-refractivity contribution < 1.29 is 0 Å². The molecule has 0 aliphatic rings. The summed E-state index contributed by atoms with van der Waals surface area (Å²) in [5.41, 5.74) is 3.68.